The van der Waals surface area contributed by atoms with Gasteiger partial charge in [-0.05, 0) is 39.0 Å². The molecule has 1 saturated heterocycles. The summed E-state index contributed by atoms with van der Waals surface area (Å²) in [6.07, 6.45) is 7.33. The molecule has 20 heavy (non-hydrogen) atoms. The van der Waals surface area contributed by atoms with Crippen molar-refractivity contribution in [1.29, 1.82) is 0 Å². The van der Waals surface area contributed by atoms with Crippen LogP contribution >= 0.6 is 0 Å². The van der Waals surface area contributed by atoms with Crippen LogP contribution < -0.4 is 10.6 Å². The Morgan fingerprint density at radius 1 is 1.40 bits per heavy atom. The zero-order valence-electron chi connectivity index (χ0n) is 12.4. The summed E-state index contributed by atoms with van der Waals surface area (Å²) in [6.45, 7) is 3.76. The maximum atomic E-state index is 12.0. The predicted octanol–water partition coefficient (Wildman–Crippen LogP) is 0.822. The first kappa shape index (κ1) is 14.3. The molecule has 0 bridgehead atoms. The maximum absolute atomic E-state index is 12.0. The second kappa shape index (κ2) is 5.30. The SMILES string of the molecule is CC1CC(NC(=O)NCC2(S(C)=O)CC2)CN1C1CC1. The Hall–Kier alpha value is -0.620. The van der Waals surface area contributed by atoms with Gasteiger partial charge >= 0.3 is 6.03 Å². The summed E-state index contributed by atoms with van der Waals surface area (Å²) in [5.74, 6) is 0. The van der Waals surface area contributed by atoms with E-state index in [1.165, 1.54) is 12.8 Å². The van der Waals surface area contributed by atoms with E-state index < -0.39 is 10.8 Å². The number of hydrogen-bond donors (Lipinski definition) is 2. The lowest BCUT2D eigenvalue weighted by atomic mass is 10.2. The highest BCUT2D eigenvalue weighted by molar-refractivity contribution is 7.86. The predicted molar refractivity (Wildman–Crippen MR) is 80.2 cm³/mol. The molecule has 1 aliphatic heterocycles. The molecule has 5 nitrogen and oxygen atoms in total. The molecule has 0 spiro atoms. The minimum Gasteiger partial charge on any atom is -0.337 e. The maximum Gasteiger partial charge on any atom is 0.315 e. The Kier molecular flexibility index (Phi) is 3.79. The minimum atomic E-state index is -0.845. The van der Waals surface area contributed by atoms with Gasteiger partial charge in [-0.25, -0.2) is 4.79 Å². The molecule has 2 N–H and O–H groups in total. The Morgan fingerprint density at radius 2 is 2.10 bits per heavy atom. The van der Waals surface area contributed by atoms with E-state index in [2.05, 4.69) is 22.5 Å². The molecule has 0 radical (unpaired) electrons. The van der Waals surface area contributed by atoms with Gasteiger partial charge < -0.3 is 10.6 Å². The molecular formula is C14H25N3O2S. The van der Waals surface area contributed by atoms with Crippen LogP contribution in [0, 0.1) is 0 Å². The number of nitrogens with one attached hydrogen (secondary N) is 2. The van der Waals surface area contributed by atoms with Crippen molar-refractivity contribution in [2.75, 3.05) is 19.3 Å². The Balaban J connectivity index is 1.42. The van der Waals surface area contributed by atoms with Crippen LogP contribution in [-0.4, -0.2) is 57.4 Å². The van der Waals surface area contributed by atoms with Crippen molar-refractivity contribution in [2.45, 2.75) is 61.9 Å². The molecule has 1 heterocycles. The van der Waals surface area contributed by atoms with E-state index in [4.69, 9.17) is 0 Å². The van der Waals surface area contributed by atoms with E-state index in [1.807, 2.05) is 0 Å². The van der Waals surface area contributed by atoms with Gasteiger partial charge in [-0.3, -0.25) is 9.11 Å². The molecule has 114 valence electrons. The molecule has 0 aromatic heterocycles. The summed E-state index contributed by atoms with van der Waals surface area (Å²) in [4.78, 5) is 14.5. The molecule has 3 unspecified atom stereocenters. The first-order valence-electron chi connectivity index (χ1n) is 7.64. The fraction of sp³-hybridized carbons (Fsp3) is 0.929. The number of carbonyl (C=O) groups is 1. The van der Waals surface area contributed by atoms with Crippen molar-refractivity contribution in [3.63, 3.8) is 0 Å². The smallest absolute Gasteiger partial charge is 0.315 e. The number of likely N-dealkylation sites (tertiary alicyclic amines) is 1. The van der Waals surface area contributed by atoms with E-state index in [0.717, 1.165) is 31.8 Å². The van der Waals surface area contributed by atoms with E-state index in [-0.39, 0.29) is 16.8 Å². The van der Waals surface area contributed by atoms with E-state index in [1.54, 1.807) is 6.26 Å². The van der Waals surface area contributed by atoms with Gasteiger partial charge in [-0.2, -0.15) is 0 Å². The van der Waals surface area contributed by atoms with Crippen LogP contribution in [0.3, 0.4) is 0 Å². The highest BCUT2D eigenvalue weighted by Crippen LogP contribution is 2.40. The number of carbonyl (C=O) groups excluding carboxylic acids is 1. The molecule has 2 aliphatic carbocycles. The molecule has 2 saturated carbocycles. The zero-order valence-corrected chi connectivity index (χ0v) is 13.2. The van der Waals surface area contributed by atoms with Crippen LogP contribution in [-0.2, 0) is 10.8 Å². The largest absolute Gasteiger partial charge is 0.337 e. The monoisotopic (exact) mass is 299 g/mol. The fourth-order valence-electron chi connectivity index (χ4n) is 3.26. The van der Waals surface area contributed by atoms with Crippen molar-refractivity contribution in [1.82, 2.24) is 15.5 Å². The van der Waals surface area contributed by atoms with Crippen LogP contribution in [0.4, 0.5) is 4.79 Å². The van der Waals surface area contributed by atoms with Crippen LogP contribution in [0.5, 0.6) is 0 Å². The number of urea groups is 1. The number of hydrogen-bond acceptors (Lipinski definition) is 3. The van der Waals surface area contributed by atoms with Gasteiger partial charge in [0, 0.05) is 48.3 Å². The van der Waals surface area contributed by atoms with Gasteiger partial charge in [-0.15, -0.1) is 0 Å². The Morgan fingerprint density at radius 3 is 2.65 bits per heavy atom. The van der Waals surface area contributed by atoms with Gasteiger partial charge in [0.1, 0.15) is 0 Å². The average molecular weight is 299 g/mol. The summed E-state index contributed by atoms with van der Waals surface area (Å²) >= 11 is 0. The molecule has 3 rings (SSSR count). The summed E-state index contributed by atoms with van der Waals surface area (Å²) < 4.78 is 11.4. The van der Waals surface area contributed by atoms with Crippen LogP contribution in [0.1, 0.15) is 39.0 Å². The van der Waals surface area contributed by atoms with Crippen molar-refractivity contribution >= 4 is 16.8 Å². The van der Waals surface area contributed by atoms with Crippen LogP contribution in [0.15, 0.2) is 0 Å². The van der Waals surface area contributed by atoms with E-state index >= 15 is 0 Å². The molecule has 6 heteroatoms. The quantitative estimate of drug-likeness (QED) is 0.790. The van der Waals surface area contributed by atoms with Crippen LogP contribution in [0.25, 0.3) is 0 Å². The second-order valence-electron chi connectivity index (χ2n) is 6.67. The summed E-state index contributed by atoms with van der Waals surface area (Å²) in [5, 5.41) is 5.98. The van der Waals surface area contributed by atoms with Gasteiger partial charge in [0.2, 0.25) is 0 Å². The van der Waals surface area contributed by atoms with Crippen molar-refractivity contribution in [3.05, 3.63) is 0 Å². The average Bonchev–Trinajstić information content (AvgIpc) is 3.28. The van der Waals surface area contributed by atoms with Crippen LogP contribution in [0.2, 0.25) is 0 Å². The first-order valence-corrected chi connectivity index (χ1v) is 9.20. The molecule has 0 aromatic rings. The van der Waals surface area contributed by atoms with E-state index in [0.29, 0.717) is 12.6 Å². The summed E-state index contributed by atoms with van der Waals surface area (Å²) in [5.41, 5.74) is 0. The molecule has 2 amide bonds. The van der Waals surface area contributed by atoms with Gasteiger partial charge in [-0.1, -0.05) is 0 Å². The number of rotatable bonds is 5. The van der Waals surface area contributed by atoms with Crippen molar-refractivity contribution in [2.24, 2.45) is 0 Å². The molecule has 3 fully saturated rings. The lowest BCUT2D eigenvalue weighted by molar-refractivity contribution is 0.234. The van der Waals surface area contributed by atoms with Gasteiger partial charge in [0.25, 0.3) is 0 Å². The highest BCUT2D eigenvalue weighted by atomic mass is 32.2. The number of nitrogens with zero attached hydrogens (tertiary/aromatic N) is 1. The lowest BCUT2D eigenvalue weighted by Crippen LogP contribution is -2.46. The third-order valence-electron chi connectivity index (χ3n) is 4.96. The normalized spacial score (nSPS) is 33.7. The fourth-order valence-corrected chi connectivity index (χ4v) is 4.21. The Bertz CT molecular complexity index is 421. The third-order valence-corrected chi connectivity index (χ3v) is 6.73. The zero-order chi connectivity index (χ0) is 14.3. The highest BCUT2D eigenvalue weighted by Gasteiger charge is 2.47. The topological polar surface area (TPSA) is 61.4 Å². The van der Waals surface area contributed by atoms with E-state index in [9.17, 15) is 9.00 Å². The van der Waals surface area contributed by atoms with Crippen molar-refractivity contribution in [3.8, 4) is 0 Å². The minimum absolute atomic E-state index is 0.100. The van der Waals surface area contributed by atoms with Crippen molar-refractivity contribution < 1.29 is 9.00 Å². The lowest BCUT2D eigenvalue weighted by Gasteiger charge is -2.20. The molecular weight excluding hydrogens is 274 g/mol. The molecule has 3 atom stereocenters. The Labute approximate surface area is 123 Å². The van der Waals surface area contributed by atoms with Gasteiger partial charge in [0.15, 0.2) is 0 Å². The molecule has 3 aliphatic rings. The second-order valence-corrected chi connectivity index (χ2v) is 8.45. The first-order chi connectivity index (χ1) is 9.50. The number of amides is 2. The molecule has 0 aromatic carbocycles. The summed E-state index contributed by atoms with van der Waals surface area (Å²) in [7, 11) is -0.845. The van der Waals surface area contributed by atoms with Gasteiger partial charge in [0.05, 0.1) is 4.75 Å². The summed E-state index contributed by atoms with van der Waals surface area (Å²) in [6, 6.07) is 1.49. The standard InChI is InChI=1S/C14H25N3O2S/c1-10-7-11(8-17(10)12-3-4-12)16-13(18)15-9-14(5-6-14)20(2)19/h10-12H,3-9H2,1-2H3,(H2,15,16,18). The third kappa shape index (κ3) is 3.01.